The molecule has 0 fully saturated rings. The van der Waals surface area contributed by atoms with Crippen molar-refractivity contribution in [3.8, 4) is 34.7 Å². The Bertz CT molecular complexity index is 1250. The summed E-state index contributed by atoms with van der Waals surface area (Å²) < 4.78 is 11.2. The molecule has 0 saturated heterocycles. The number of aliphatic hydroxyl groups is 1. The number of nitriles is 1. The number of rotatable bonds is 8. The third-order valence-corrected chi connectivity index (χ3v) is 5.77. The number of aliphatic hydroxyl groups excluding tert-OH is 1. The minimum Gasteiger partial charge on any atom is -0.490 e. The molecule has 1 aliphatic heterocycles. The molecule has 1 aromatic heterocycles. The SMILES string of the molecule is CC(C)Oc1ccc(-c2nc(-c3cccc4c3CCN(CC(=O)N[C@@H](C)CO)C4)no2)cc1C#N. The van der Waals surface area contributed by atoms with Gasteiger partial charge in [0.2, 0.25) is 11.7 Å². The summed E-state index contributed by atoms with van der Waals surface area (Å²) in [5.74, 6) is 1.24. The van der Waals surface area contributed by atoms with Gasteiger partial charge in [-0.15, -0.1) is 0 Å². The first-order valence-electron chi connectivity index (χ1n) is 11.7. The number of hydrogen-bond donors (Lipinski definition) is 2. The summed E-state index contributed by atoms with van der Waals surface area (Å²) in [4.78, 5) is 18.9. The van der Waals surface area contributed by atoms with E-state index in [4.69, 9.17) is 14.4 Å². The summed E-state index contributed by atoms with van der Waals surface area (Å²) >= 11 is 0. The van der Waals surface area contributed by atoms with E-state index >= 15 is 0 Å². The molecule has 9 nitrogen and oxygen atoms in total. The van der Waals surface area contributed by atoms with Crippen molar-refractivity contribution in [2.45, 2.75) is 45.9 Å². The fourth-order valence-electron chi connectivity index (χ4n) is 4.14. The monoisotopic (exact) mass is 475 g/mol. The van der Waals surface area contributed by atoms with E-state index < -0.39 is 0 Å². The molecule has 0 saturated carbocycles. The Hall–Kier alpha value is -3.74. The third-order valence-electron chi connectivity index (χ3n) is 5.77. The highest BCUT2D eigenvalue weighted by molar-refractivity contribution is 5.78. The first-order valence-corrected chi connectivity index (χ1v) is 11.7. The standard InChI is InChI=1S/C26H29N5O4/c1-16(2)34-23-8-7-18(11-20(23)12-27)26-29-25(30-35-26)22-6-4-5-19-13-31(10-9-21(19)22)14-24(33)28-17(3)15-32/h4-8,11,16-17,32H,9-10,13-15H2,1-3H3,(H,28,33)/t17-/m0/s1. The molecule has 9 heteroatoms. The van der Waals surface area contributed by atoms with Gasteiger partial charge in [0, 0.05) is 30.3 Å². The van der Waals surface area contributed by atoms with Crippen LogP contribution in [-0.4, -0.2) is 57.9 Å². The molecule has 1 amide bonds. The first kappa shape index (κ1) is 24.4. The molecule has 1 aliphatic rings. The van der Waals surface area contributed by atoms with Crippen LogP contribution in [0, 0.1) is 11.3 Å². The number of nitrogens with zero attached hydrogens (tertiary/aromatic N) is 4. The van der Waals surface area contributed by atoms with Crippen molar-refractivity contribution in [2.24, 2.45) is 0 Å². The molecule has 0 unspecified atom stereocenters. The summed E-state index contributed by atoms with van der Waals surface area (Å²) in [5.41, 5.74) is 4.21. The summed E-state index contributed by atoms with van der Waals surface area (Å²) in [6.45, 7) is 7.13. The minimum atomic E-state index is -0.262. The van der Waals surface area contributed by atoms with Crippen LogP contribution in [-0.2, 0) is 17.8 Å². The summed E-state index contributed by atoms with van der Waals surface area (Å²) in [6, 6.07) is 13.1. The largest absolute Gasteiger partial charge is 0.490 e. The van der Waals surface area contributed by atoms with E-state index in [2.05, 4.69) is 26.4 Å². The zero-order valence-corrected chi connectivity index (χ0v) is 20.1. The van der Waals surface area contributed by atoms with Gasteiger partial charge in [0.15, 0.2) is 0 Å². The minimum absolute atomic E-state index is 0.0402. The number of aromatic nitrogens is 2. The average Bonchev–Trinajstić information content (AvgIpc) is 3.33. The highest BCUT2D eigenvalue weighted by atomic mass is 16.5. The number of fused-ring (bicyclic) bond motifs is 1. The van der Waals surface area contributed by atoms with Gasteiger partial charge in [-0.25, -0.2) is 0 Å². The summed E-state index contributed by atoms with van der Waals surface area (Å²) in [7, 11) is 0. The lowest BCUT2D eigenvalue weighted by Crippen LogP contribution is -2.43. The predicted molar refractivity (Wildman–Crippen MR) is 129 cm³/mol. The van der Waals surface area contributed by atoms with Crippen LogP contribution < -0.4 is 10.1 Å². The maximum atomic E-state index is 12.2. The van der Waals surface area contributed by atoms with E-state index in [0.29, 0.717) is 35.1 Å². The zero-order valence-electron chi connectivity index (χ0n) is 20.1. The number of amides is 1. The highest BCUT2D eigenvalue weighted by Gasteiger charge is 2.23. The third kappa shape index (κ3) is 5.67. The Morgan fingerprint density at radius 1 is 1.31 bits per heavy atom. The van der Waals surface area contributed by atoms with Crippen LogP contribution in [0.25, 0.3) is 22.8 Å². The van der Waals surface area contributed by atoms with Crippen molar-refractivity contribution < 1.29 is 19.2 Å². The van der Waals surface area contributed by atoms with Gasteiger partial charge >= 0.3 is 0 Å². The first-order chi connectivity index (χ1) is 16.9. The molecular formula is C26H29N5O4. The molecular weight excluding hydrogens is 446 g/mol. The smallest absolute Gasteiger partial charge is 0.258 e. The van der Waals surface area contributed by atoms with Crippen LogP contribution in [0.1, 0.15) is 37.5 Å². The lowest BCUT2D eigenvalue weighted by molar-refractivity contribution is -0.123. The van der Waals surface area contributed by atoms with Crippen LogP contribution in [0.2, 0.25) is 0 Å². The van der Waals surface area contributed by atoms with E-state index in [9.17, 15) is 10.1 Å². The fraction of sp³-hybridized carbons (Fsp3) is 0.385. The normalized spacial score (nSPS) is 14.3. The maximum absolute atomic E-state index is 12.2. The Balaban J connectivity index is 1.52. The molecule has 0 radical (unpaired) electrons. The van der Waals surface area contributed by atoms with Crippen molar-refractivity contribution in [2.75, 3.05) is 19.7 Å². The average molecular weight is 476 g/mol. The molecule has 0 bridgehead atoms. The zero-order chi connectivity index (χ0) is 24.9. The van der Waals surface area contributed by atoms with Crippen LogP contribution >= 0.6 is 0 Å². The van der Waals surface area contributed by atoms with Gasteiger partial charge < -0.3 is 19.7 Å². The Kier molecular flexibility index (Phi) is 7.44. The van der Waals surface area contributed by atoms with Crippen molar-refractivity contribution >= 4 is 5.91 Å². The summed E-state index contributed by atoms with van der Waals surface area (Å²) in [6.07, 6.45) is 0.708. The number of ether oxygens (including phenoxy) is 1. The molecule has 0 aliphatic carbocycles. The van der Waals surface area contributed by atoms with Gasteiger partial charge in [-0.1, -0.05) is 23.4 Å². The second kappa shape index (κ2) is 10.7. The van der Waals surface area contributed by atoms with Crippen LogP contribution in [0.3, 0.4) is 0 Å². The number of carbonyl (C=O) groups excluding carboxylic acids is 1. The van der Waals surface area contributed by atoms with E-state index in [0.717, 1.165) is 29.7 Å². The number of hydrogen-bond acceptors (Lipinski definition) is 8. The van der Waals surface area contributed by atoms with Crippen molar-refractivity contribution in [3.63, 3.8) is 0 Å². The van der Waals surface area contributed by atoms with Crippen LogP contribution in [0.5, 0.6) is 5.75 Å². The second-order valence-corrected chi connectivity index (χ2v) is 8.97. The van der Waals surface area contributed by atoms with Gasteiger partial charge in [-0.3, -0.25) is 9.69 Å². The van der Waals surface area contributed by atoms with Gasteiger partial charge in [0.05, 0.1) is 24.8 Å². The number of nitrogens with one attached hydrogen (secondary N) is 1. The van der Waals surface area contributed by atoms with Gasteiger partial charge in [0.25, 0.3) is 5.89 Å². The lowest BCUT2D eigenvalue weighted by atomic mass is 9.94. The van der Waals surface area contributed by atoms with Crippen LogP contribution in [0.4, 0.5) is 0 Å². The van der Waals surface area contributed by atoms with Crippen molar-refractivity contribution in [3.05, 3.63) is 53.1 Å². The molecule has 1 atom stereocenters. The lowest BCUT2D eigenvalue weighted by Gasteiger charge is -2.29. The molecule has 2 N–H and O–H groups in total. The van der Waals surface area contributed by atoms with Crippen molar-refractivity contribution in [1.82, 2.24) is 20.4 Å². The van der Waals surface area contributed by atoms with Gasteiger partial charge in [0.1, 0.15) is 11.8 Å². The van der Waals surface area contributed by atoms with Gasteiger partial charge in [-0.2, -0.15) is 10.2 Å². The van der Waals surface area contributed by atoms with Crippen molar-refractivity contribution in [1.29, 1.82) is 5.26 Å². The van der Waals surface area contributed by atoms with Crippen LogP contribution in [0.15, 0.2) is 40.9 Å². The molecule has 0 spiro atoms. The topological polar surface area (TPSA) is 125 Å². The summed E-state index contributed by atoms with van der Waals surface area (Å²) in [5, 5.41) is 25.6. The fourth-order valence-corrected chi connectivity index (χ4v) is 4.14. The Labute approximate surface area is 204 Å². The van der Waals surface area contributed by atoms with E-state index in [-0.39, 0.29) is 31.2 Å². The Morgan fingerprint density at radius 2 is 2.14 bits per heavy atom. The maximum Gasteiger partial charge on any atom is 0.258 e. The molecule has 2 aromatic carbocycles. The second-order valence-electron chi connectivity index (χ2n) is 8.97. The van der Waals surface area contributed by atoms with Gasteiger partial charge in [-0.05, 0) is 56.5 Å². The van der Waals surface area contributed by atoms with E-state index in [1.54, 1.807) is 25.1 Å². The predicted octanol–water partition coefficient (Wildman–Crippen LogP) is 2.92. The molecule has 182 valence electrons. The number of benzene rings is 2. The molecule has 3 aromatic rings. The molecule has 2 heterocycles. The number of carbonyl (C=O) groups is 1. The quantitative estimate of drug-likeness (QED) is 0.510. The highest BCUT2D eigenvalue weighted by Crippen LogP contribution is 2.31. The van der Waals surface area contributed by atoms with E-state index in [1.807, 2.05) is 32.0 Å². The van der Waals surface area contributed by atoms with E-state index in [1.165, 1.54) is 0 Å². The molecule has 35 heavy (non-hydrogen) atoms. The Morgan fingerprint density at radius 3 is 2.89 bits per heavy atom. The molecule has 4 rings (SSSR count).